The van der Waals surface area contributed by atoms with Crippen LogP contribution < -0.4 is 4.74 Å². The highest BCUT2D eigenvalue weighted by molar-refractivity contribution is 8.00. The number of nitrogens with zero attached hydrogens (tertiary/aromatic N) is 3. The summed E-state index contributed by atoms with van der Waals surface area (Å²) in [6, 6.07) is 16.0. The number of thioether (sulfide) groups is 1. The van der Waals surface area contributed by atoms with Crippen molar-refractivity contribution in [3.63, 3.8) is 0 Å². The first-order valence-electron chi connectivity index (χ1n) is 10.5. The van der Waals surface area contributed by atoms with E-state index in [2.05, 4.69) is 10.1 Å². The maximum Gasteiger partial charge on any atom is 0.240 e. The van der Waals surface area contributed by atoms with Crippen molar-refractivity contribution in [1.82, 2.24) is 15.0 Å². The van der Waals surface area contributed by atoms with Crippen LogP contribution in [0.1, 0.15) is 17.7 Å². The number of aromatic nitrogens is 1. The lowest BCUT2D eigenvalue weighted by molar-refractivity contribution is -0.135. The zero-order chi connectivity index (χ0) is 22.5. The number of benzene rings is 2. The van der Waals surface area contributed by atoms with E-state index in [0.29, 0.717) is 13.1 Å². The number of carbonyl (C=O) groups excluding carboxylic acids is 1. The normalized spacial score (nSPS) is 18.6. The number of hydrogen-bond acceptors (Lipinski definition) is 6. The van der Waals surface area contributed by atoms with Gasteiger partial charge < -0.3 is 14.2 Å². The molecule has 4 rings (SSSR count). The molecule has 32 heavy (non-hydrogen) atoms. The Bertz CT molecular complexity index is 1010. The van der Waals surface area contributed by atoms with Crippen molar-refractivity contribution in [2.75, 3.05) is 20.7 Å². The molecule has 0 radical (unpaired) electrons. The topological polar surface area (TPSA) is 58.8 Å². The van der Waals surface area contributed by atoms with E-state index < -0.39 is 0 Å². The predicted octanol–water partition coefficient (Wildman–Crippen LogP) is 4.22. The monoisotopic (exact) mass is 455 g/mol. The quantitative estimate of drug-likeness (QED) is 0.507. The van der Waals surface area contributed by atoms with Crippen molar-refractivity contribution in [2.45, 2.75) is 35.7 Å². The van der Waals surface area contributed by atoms with Gasteiger partial charge in [0.25, 0.3) is 0 Å². The second kappa shape index (κ2) is 10.2. The Kier molecular flexibility index (Phi) is 7.12. The van der Waals surface area contributed by atoms with E-state index >= 15 is 0 Å². The van der Waals surface area contributed by atoms with Gasteiger partial charge in [0.05, 0.1) is 19.7 Å². The lowest BCUT2D eigenvalue weighted by Crippen LogP contribution is -2.43. The number of methoxy groups -OCH3 is 1. The van der Waals surface area contributed by atoms with Gasteiger partial charge in [0.1, 0.15) is 23.5 Å². The van der Waals surface area contributed by atoms with Crippen LogP contribution in [0.4, 0.5) is 4.39 Å². The van der Waals surface area contributed by atoms with E-state index in [4.69, 9.17) is 9.26 Å². The Balaban J connectivity index is 1.49. The molecule has 1 aromatic heterocycles. The van der Waals surface area contributed by atoms with Gasteiger partial charge in [-0.2, -0.15) is 0 Å². The smallest absolute Gasteiger partial charge is 0.240 e. The molecule has 1 amide bonds. The van der Waals surface area contributed by atoms with Gasteiger partial charge >= 0.3 is 0 Å². The van der Waals surface area contributed by atoms with Crippen molar-refractivity contribution < 1.29 is 18.4 Å². The van der Waals surface area contributed by atoms with Crippen LogP contribution in [0.3, 0.4) is 0 Å². The Morgan fingerprint density at radius 1 is 1.22 bits per heavy atom. The first-order chi connectivity index (χ1) is 15.5. The molecule has 0 N–H and O–H groups in total. The molecule has 168 valence electrons. The molecule has 1 aliphatic rings. The first kappa shape index (κ1) is 22.4. The first-order valence-corrected chi connectivity index (χ1v) is 11.3. The van der Waals surface area contributed by atoms with Crippen LogP contribution in [0, 0.1) is 5.82 Å². The van der Waals surface area contributed by atoms with Gasteiger partial charge in [-0.05, 0) is 48.4 Å². The fraction of sp³-hybridized carbons (Fsp3) is 0.333. The molecule has 2 heterocycles. The number of rotatable bonds is 8. The molecule has 6 nitrogen and oxygen atoms in total. The zero-order valence-corrected chi connectivity index (χ0v) is 18.9. The van der Waals surface area contributed by atoms with E-state index in [-0.39, 0.29) is 23.0 Å². The number of amides is 1. The van der Waals surface area contributed by atoms with E-state index in [1.807, 2.05) is 24.3 Å². The minimum Gasteiger partial charge on any atom is -0.497 e. The largest absolute Gasteiger partial charge is 0.497 e. The number of hydrogen-bond donors (Lipinski definition) is 0. The molecular formula is C24H26FN3O3S. The SMILES string of the molecule is COc1ccc(CN2C[C@H](Sc3ccc(F)cc3)C[C@H]2C(=O)N(C)Cc2ccon2)cc1. The highest BCUT2D eigenvalue weighted by Gasteiger charge is 2.38. The third-order valence-corrected chi connectivity index (χ3v) is 6.80. The lowest BCUT2D eigenvalue weighted by Gasteiger charge is -2.27. The lowest BCUT2D eigenvalue weighted by atomic mass is 10.1. The minimum atomic E-state index is -0.246. The highest BCUT2D eigenvalue weighted by atomic mass is 32.2. The molecule has 0 saturated carbocycles. The maximum atomic E-state index is 13.4. The van der Waals surface area contributed by atoms with Gasteiger partial charge in [-0.1, -0.05) is 17.3 Å². The molecule has 0 unspecified atom stereocenters. The Labute approximate surface area is 191 Å². The summed E-state index contributed by atoms with van der Waals surface area (Å²) in [6.45, 7) is 1.83. The number of likely N-dealkylation sites (N-methyl/N-ethyl adjacent to an activating group) is 1. The predicted molar refractivity (Wildman–Crippen MR) is 121 cm³/mol. The Morgan fingerprint density at radius 3 is 2.62 bits per heavy atom. The number of halogens is 1. The molecule has 1 fully saturated rings. The van der Waals surface area contributed by atoms with Gasteiger partial charge in [-0.15, -0.1) is 11.8 Å². The standard InChI is InChI=1S/C24H26FN3O3S/c1-27(15-19-11-12-31-26-19)24(29)23-13-22(32-21-9-5-18(25)6-10-21)16-28(23)14-17-3-7-20(30-2)8-4-17/h3-12,22-23H,13-16H2,1-2H3/t22-,23+/m1/s1. The number of ether oxygens (including phenoxy) is 1. The number of likely N-dealkylation sites (tertiary alicyclic amines) is 1. The molecule has 2 atom stereocenters. The van der Waals surface area contributed by atoms with E-state index in [9.17, 15) is 9.18 Å². The third kappa shape index (κ3) is 5.49. The summed E-state index contributed by atoms with van der Waals surface area (Å²) < 4.78 is 23.4. The van der Waals surface area contributed by atoms with Crippen molar-refractivity contribution in [1.29, 1.82) is 0 Å². The van der Waals surface area contributed by atoms with Crippen LogP contribution >= 0.6 is 11.8 Å². The fourth-order valence-corrected chi connectivity index (χ4v) is 5.17. The molecule has 3 aromatic rings. The summed E-state index contributed by atoms with van der Waals surface area (Å²) in [7, 11) is 3.44. The Hall–Kier alpha value is -2.84. The van der Waals surface area contributed by atoms with Crippen LogP contribution in [-0.4, -0.2) is 52.9 Å². The van der Waals surface area contributed by atoms with Crippen molar-refractivity contribution in [3.8, 4) is 5.75 Å². The van der Waals surface area contributed by atoms with Crippen molar-refractivity contribution in [2.24, 2.45) is 0 Å². The summed E-state index contributed by atoms with van der Waals surface area (Å²) in [5.74, 6) is 0.619. The van der Waals surface area contributed by atoms with Gasteiger partial charge in [0.2, 0.25) is 5.91 Å². The van der Waals surface area contributed by atoms with E-state index in [1.165, 1.54) is 18.4 Å². The van der Waals surface area contributed by atoms with Crippen LogP contribution in [0.2, 0.25) is 0 Å². The summed E-state index contributed by atoms with van der Waals surface area (Å²) >= 11 is 1.69. The zero-order valence-electron chi connectivity index (χ0n) is 18.1. The van der Waals surface area contributed by atoms with Gasteiger partial charge in [0, 0.05) is 36.3 Å². The second-order valence-corrected chi connectivity index (χ2v) is 9.28. The summed E-state index contributed by atoms with van der Waals surface area (Å²) in [4.78, 5) is 18.3. The second-order valence-electron chi connectivity index (χ2n) is 7.91. The van der Waals surface area contributed by atoms with E-state index in [1.54, 1.807) is 49.0 Å². The number of carbonyl (C=O) groups is 1. The summed E-state index contributed by atoms with van der Waals surface area (Å²) in [5, 5.41) is 4.15. The van der Waals surface area contributed by atoms with Gasteiger partial charge in [-0.3, -0.25) is 9.69 Å². The fourth-order valence-electron chi connectivity index (χ4n) is 3.94. The molecule has 8 heteroatoms. The van der Waals surface area contributed by atoms with Crippen molar-refractivity contribution >= 4 is 17.7 Å². The van der Waals surface area contributed by atoms with Crippen molar-refractivity contribution in [3.05, 3.63) is 77.9 Å². The summed E-state index contributed by atoms with van der Waals surface area (Å²) in [6.07, 6.45) is 2.23. The van der Waals surface area contributed by atoms with Crippen LogP contribution in [-0.2, 0) is 17.9 Å². The molecule has 0 aliphatic carbocycles. The van der Waals surface area contributed by atoms with Gasteiger partial charge in [0.15, 0.2) is 0 Å². The molecule has 1 aliphatic heterocycles. The van der Waals surface area contributed by atoms with Crippen LogP contribution in [0.25, 0.3) is 0 Å². The Morgan fingerprint density at radius 2 is 1.97 bits per heavy atom. The minimum absolute atomic E-state index is 0.0590. The summed E-state index contributed by atoms with van der Waals surface area (Å²) in [5.41, 5.74) is 1.84. The molecule has 0 spiro atoms. The van der Waals surface area contributed by atoms with E-state index in [0.717, 1.165) is 34.9 Å². The molecular weight excluding hydrogens is 429 g/mol. The molecule has 0 bridgehead atoms. The average molecular weight is 456 g/mol. The maximum absolute atomic E-state index is 13.4. The van der Waals surface area contributed by atoms with Crippen LogP contribution in [0.5, 0.6) is 5.75 Å². The highest BCUT2D eigenvalue weighted by Crippen LogP contribution is 2.34. The van der Waals surface area contributed by atoms with Crippen LogP contribution in [0.15, 0.2) is 70.3 Å². The average Bonchev–Trinajstić information content (AvgIpc) is 3.45. The molecule has 1 saturated heterocycles. The molecule has 2 aromatic carbocycles. The van der Waals surface area contributed by atoms with Gasteiger partial charge in [-0.25, -0.2) is 4.39 Å². The third-order valence-electron chi connectivity index (χ3n) is 5.58.